The third kappa shape index (κ3) is 3.58. The van der Waals surface area contributed by atoms with Crippen LogP contribution in [-0.2, 0) is 4.79 Å². The first-order valence-corrected chi connectivity index (χ1v) is 9.86. The van der Waals surface area contributed by atoms with E-state index in [4.69, 9.17) is 0 Å². The van der Waals surface area contributed by atoms with Crippen molar-refractivity contribution in [2.24, 2.45) is 22.7 Å². The summed E-state index contributed by atoms with van der Waals surface area (Å²) in [7, 11) is 0. The van der Waals surface area contributed by atoms with Crippen molar-refractivity contribution < 1.29 is 27.6 Å². The molecule has 5 unspecified atom stereocenters. The Morgan fingerprint density at radius 3 is 2.46 bits per heavy atom. The summed E-state index contributed by atoms with van der Waals surface area (Å²) in [6.45, 7) is 9.87. The zero-order valence-corrected chi connectivity index (χ0v) is 17.3. The van der Waals surface area contributed by atoms with Gasteiger partial charge < -0.3 is 22.8 Å². The molecule has 2 aliphatic rings. The minimum Gasteiger partial charge on any atom is -1.00 e. The molecule has 2 saturated carbocycles. The number of aliphatic hydroxyl groups is 1. The van der Waals surface area contributed by atoms with Crippen LogP contribution in [0.3, 0.4) is 0 Å². The van der Waals surface area contributed by atoms with Gasteiger partial charge in [-0.3, -0.25) is 4.79 Å². The van der Waals surface area contributed by atoms with E-state index < -0.39 is 6.10 Å². The van der Waals surface area contributed by atoms with Gasteiger partial charge in [0, 0.05) is 5.92 Å². The van der Waals surface area contributed by atoms with Gasteiger partial charge in [-0.25, -0.2) is 0 Å². The highest BCUT2D eigenvalue weighted by Crippen LogP contribution is 2.68. The van der Waals surface area contributed by atoms with Crippen LogP contribution in [0, 0.1) is 22.7 Å². The molecule has 1 aromatic carbocycles. The molecule has 146 valence electrons. The lowest BCUT2D eigenvalue weighted by Crippen LogP contribution is -3.00. The van der Waals surface area contributed by atoms with Crippen molar-refractivity contribution in [2.45, 2.75) is 65.5 Å². The molecule has 3 rings (SSSR count). The van der Waals surface area contributed by atoms with Crippen LogP contribution in [0.2, 0.25) is 0 Å². The molecule has 2 fully saturated rings. The topological polar surface area (TPSA) is 53.9 Å². The van der Waals surface area contributed by atoms with E-state index in [1.54, 1.807) is 0 Å². The van der Waals surface area contributed by atoms with Crippen molar-refractivity contribution in [1.82, 2.24) is 0 Å². The lowest BCUT2D eigenvalue weighted by molar-refractivity contribution is -0.693. The van der Waals surface area contributed by atoms with Crippen molar-refractivity contribution in [1.29, 1.82) is 0 Å². The minimum atomic E-state index is -0.491. The summed E-state index contributed by atoms with van der Waals surface area (Å²) in [5.74, 6) is 1.40. The van der Waals surface area contributed by atoms with Gasteiger partial charge in [-0.2, -0.15) is 0 Å². The first-order chi connectivity index (χ1) is 11.8. The Hall–Kier alpha value is -0.900. The molecule has 4 heteroatoms. The van der Waals surface area contributed by atoms with E-state index >= 15 is 0 Å². The average molecular weight is 380 g/mol. The molecule has 0 heterocycles. The van der Waals surface area contributed by atoms with Gasteiger partial charge in [-0.05, 0) is 48.5 Å². The number of aliphatic hydroxyl groups excluding tert-OH is 1. The van der Waals surface area contributed by atoms with E-state index in [2.05, 4.69) is 26.1 Å². The van der Waals surface area contributed by atoms with Gasteiger partial charge in [0.2, 0.25) is 0 Å². The van der Waals surface area contributed by atoms with Crippen LogP contribution in [-0.4, -0.2) is 23.5 Å². The van der Waals surface area contributed by atoms with Crippen molar-refractivity contribution in [3.63, 3.8) is 0 Å². The van der Waals surface area contributed by atoms with E-state index in [0.29, 0.717) is 23.5 Å². The molecule has 1 aromatic rings. The molecule has 26 heavy (non-hydrogen) atoms. The number of nitrogens with two attached hydrogens (primary N) is 1. The smallest absolute Gasteiger partial charge is 0.142 e. The Morgan fingerprint density at radius 2 is 1.92 bits per heavy atom. The van der Waals surface area contributed by atoms with E-state index in [-0.39, 0.29) is 29.8 Å². The highest BCUT2D eigenvalue weighted by molar-refractivity contribution is 5.82. The van der Waals surface area contributed by atoms with Crippen LogP contribution < -0.4 is 17.7 Å². The molecule has 2 bridgehead atoms. The summed E-state index contributed by atoms with van der Waals surface area (Å²) >= 11 is 0. The number of benzene rings is 1. The number of rotatable bonds is 7. The number of ketones is 1. The number of halogens is 1. The standard InChI is InChI=1S/C22H33NO2.ClH/c1-15(20(25)16-8-6-5-7-9-16)23-13-11-19(24)18-14-17-10-12-22(18,4)21(17,2)3;/h5-9,15,17-18,20,23,25H,10-14H2,1-4H3;1H. The fourth-order valence-corrected chi connectivity index (χ4v) is 5.44. The largest absolute Gasteiger partial charge is 1.00 e. The fourth-order valence-electron chi connectivity index (χ4n) is 5.44. The zero-order valence-electron chi connectivity index (χ0n) is 16.5. The maximum atomic E-state index is 12.9. The zero-order chi connectivity index (χ0) is 18.2. The predicted octanol–water partition coefficient (Wildman–Crippen LogP) is 0.0975. The molecule has 5 atom stereocenters. The second kappa shape index (κ2) is 8.00. The van der Waals surface area contributed by atoms with Gasteiger partial charge in [-0.1, -0.05) is 51.1 Å². The Balaban J connectivity index is 0.00000243. The number of hydrogen-bond donors (Lipinski definition) is 2. The molecule has 3 N–H and O–H groups in total. The Bertz CT molecular complexity index is 618. The second-order valence-electron chi connectivity index (χ2n) is 9.12. The quantitative estimate of drug-likeness (QED) is 0.706. The molecule has 0 amide bonds. The van der Waals surface area contributed by atoms with Crippen LogP contribution >= 0.6 is 0 Å². The number of Topliss-reactive ketones (excluding diaryl/α,β-unsaturated/α-hetero) is 1. The van der Waals surface area contributed by atoms with Gasteiger partial charge in [0.1, 0.15) is 17.9 Å². The summed E-state index contributed by atoms with van der Waals surface area (Å²) in [5, 5.41) is 12.6. The summed E-state index contributed by atoms with van der Waals surface area (Å²) in [4.78, 5) is 12.9. The van der Waals surface area contributed by atoms with Crippen molar-refractivity contribution >= 4 is 5.78 Å². The highest BCUT2D eigenvalue weighted by Gasteiger charge is 2.62. The van der Waals surface area contributed by atoms with Gasteiger partial charge in [0.15, 0.2) is 0 Å². The third-order valence-corrected chi connectivity index (χ3v) is 7.75. The molecular formula is C22H34ClNO2. The second-order valence-corrected chi connectivity index (χ2v) is 9.12. The first-order valence-electron chi connectivity index (χ1n) is 9.86. The third-order valence-electron chi connectivity index (χ3n) is 7.75. The molecular weight excluding hydrogens is 346 g/mol. The molecule has 0 saturated heterocycles. The molecule has 3 nitrogen and oxygen atoms in total. The van der Waals surface area contributed by atoms with E-state index in [1.807, 2.05) is 37.3 Å². The SMILES string of the molecule is CC([NH2+]CCC(=O)C1CC2CCC1(C)C2(C)C)C(O)c1ccccc1.[Cl-]. The van der Waals surface area contributed by atoms with Crippen LogP contribution in [0.1, 0.15) is 65.0 Å². The van der Waals surface area contributed by atoms with E-state index in [9.17, 15) is 9.90 Å². The monoisotopic (exact) mass is 379 g/mol. The average Bonchev–Trinajstić information content (AvgIpc) is 2.94. The van der Waals surface area contributed by atoms with Crippen LogP contribution in [0.15, 0.2) is 30.3 Å². The maximum absolute atomic E-state index is 12.9. The molecule has 0 aromatic heterocycles. The maximum Gasteiger partial charge on any atom is 0.142 e. The molecule has 0 aliphatic heterocycles. The van der Waals surface area contributed by atoms with Gasteiger partial charge in [0.25, 0.3) is 0 Å². The molecule has 2 aliphatic carbocycles. The van der Waals surface area contributed by atoms with Gasteiger partial charge in [0.05, 0.1) is 13.0 Å². The molecule has 0 radical (unpaired) electrons. The lowest BCUT2D eigenvalue weighted by Gasteiger charge is -2.38. The van der Waals surface area contributed by atoms with Crippen LogP contribution in [0.25, 0.3) is 0 Å². The number of fused-ring (bicyclic) bond motifs is 2. The number of quaternary nitrogens is 1. The summed E-state index contributed by atoms with van der Waals surface area (Å²) < 4.78 is 0. The van der Waals surface area contributed by atoms with Gasteiger partial charge in [-0.15, -0.1) is 0 Å². The van der Waals surface area contributed by atoms with Crippen LogP contribution in [0.4, 0.5) is 0 Å². The normalized spacial score (nSPS) is 31.3. The summed E-state index contributed by atoms with van der Waals surface area (Å²) in [6, 6.07) is 9.83. The van der Waals surface area contributed by atoms with Crippen molar-refractivity contribution in [3.8, 4) is 0 Å². The lowest BCUT2D eigenvalue weighted by atomic mass is 9.65. The first kappa shape index (κ1) is 21.4. The van der Waals surface area contributed by atoms with E-state index in [1.165, 1.54) is 12.8 Å². The Kier molecular flexibility index (Phi) is 6.58. The van der Waals surface area contributed by atoms with E-state index in [0.717, 1.165) is 18.5 Å². The number of carbonyl (C=O) groups is 1. The Labute approximate surface area is 164 Å². The van der Waals surface area contributed by atoms with Crippen molar-refractivity contribution in [2.75, 3.05) is 6.54 Å². The number of hydrogen-bond acceptors (Lipinski definition) is 2. The predicted molar refractivity (Wildman–Crippen MR) is 100.0 cm³/mol. The summed E-state index contributed by atoms with van der Waals surface area (Å²) in [6.07, 6.45) is 3.71. The number of carbonyl (C=O) groups excluding carboxylic acids is 1. The Morgan fingerprint density at radius 1 is 1.27 bits per heavy atom. The van der Waals surface area contributed by atoms with Crippen molar-refractivity contribution in [3.05, 3.63) is 35.9 Å². The summed E-state index contributed by atoms with van der Waals surface area (Å²) in [5.41, 5.74) is 1.43. The molecule has 0 spiro atoms. The van der Waals surface area contributed by atoms with Gasteiger partial charge >= 0.3 is 0 Å². The highest BCUT2D eigenvalue weighted by atomic mass is 35.5. The van der Waals surface area contributed by atoms with Crippen LogP contribution in [0.5, 0.6) is 0 Å². The minimum absolute atomic E-state index is 0. The fraction of sp³-hybridized carbons (Fsp3) is 0.682.